The smallest absolute Gasteiger partial charge is 0.231 e. The van der Waals surface area contributed by atoms with Gasteiger partial charge in [0.25, 0.3) is 0 Å². The highest BCUT2D eigenvalue weighted by atomic mass is 16.5. The highest BCUT2D eigenvalue weighted by molar-refractivity contribution is 5.93. The molecule has 2 unspecified atom stereocenters. The van der Waals surface area contributed by atoms with Gasteiger partial charge in [0.05, 0.1) is 30.5 Å². The van der Waals surface area contributed by atoms with Crippen LogP contribution in [-0.4, -0.2) is 42.0 Å². The molecule has 0 aromatic carbocycles. The van der Waals surface area contributed by atoms with Crippen molar-refractivity contribution in [2.24, 2.45) is 13.0 Å². The number of hydrogen-bond donors (Lipinski definition) is 2. The second-order valence-corrected chi connectivity index (χ2v) is 4.55. The molecule has 2 atom stereocenters. The van der Waals surface area contributed by atoms with Gasteiger partial charge in [-0.05, 0) is 13.5 Å². The first kappa shape index (κ1) is 13.0. The molecule has 2 heterocycles. The van der Waals surface area contributed by atoms with Crippen molar-refractivity contribution in [1.82, 2.24) is 15.1 Å². The van der Waals surface area contributed by atoms with Crippen molar-refractivity contribution >= 4 is 11.6 Å². The molecule has 18 heavy (non-hydrogen) atoms. The number of amides is 1. The van der Waals surface area contributed by atoms with Gasteiger partial charge in [-0.25, -0.2) is 0 Å². The minimum absolute atomic E-state index is 0.00505. The summed E-state index contributed by atoms with van der Waals surface area (Å²) in [6, 6.07) is 0.0896. The molecule has 1 aromatic rings. The quantitative estimate of drug-likeness (QED) is 0.800. The molecule has 100 valence electrons. The number of nitrogens with one attached hydrogen (secondary N) is 2. The monoisotopic (exact) mass is 252 g/mol. The normalized spacial score (nSPS) is 23.3. The maximum atomic E-state index is 12.2. The van der Waals surface area contributed by atoms with Crippen LogP contribution >= 0.6 is 0 Å². The average Bonchev–Trinajstić information content (AvgIpc) is 2.95. The van der Waals surface area contributed by atoms with Crippen LogP contribution < -0.4 is 10.6 Å². The Morgan fingerprint density at radius 2 is 2.39 bits per heavy atom. The van der Waals surface area contributed by atoms with Crippen LogP contribution in [-0.2, 0) is 23.0 Å². The lowest BCUT2D eigenvalue weighted by atomic mass is 10.0. The molecule has 2 N–H and O–H groups in total. The standard InChI is InChI=1S/C12H20N4O2/c1-4-9-10(5-16(3)15-9)14-12(17)8-6-18-7-11(8)13-2/h5,8,11,13H,4,6-7H2,1-3H3,(H,14,17). The largest absolute Gasteiger partial charge is 0.379 e. The van der Waals surface area contributed by atoms with Gasteiger partial charge in [-0.1, -0.05) is 6.92 Å². The minimum atomic E-state index is -0.139. The zero-order valence-corrected chi connectivity index (χ0v) is 11.1. The summed E-state index contributed by atoms with van der Waals surface area (Å²) in [6.07, 6.45) is 2.63. The van der Waals surface area contributed by atoms with Crippen LogP contribution in [0, 0.1) is 5.92 Å². The first-order valence-corrected chi connectivity index (χ1v) is 6.24. The number of rotatable bonds is 4. The van der Waals surface area contributed by atoms with E-state index < -0.39 is 0 Å². The third-order valence-corrected chi connectivity index (χ3v) is 3.29. The van der Waals surface area contributed by atoms with Gasteiger partial charge in [-0.15, -0.1) is 0 Å². The lowest BCUT2D eigenvalue weighted by Crippen LogP contribution is -2.39. The van der Waals surface area contributed by atoms with Crippen molar-refractivity contribution in [3.63, 3.8) is 0 Å². The number of aryl methyl sites for hydroxylation is 2. The van der Waals surface area contributed by atoms with Crippen molar-refractivity contribution in [2.75, 3.05) is 25.6 Å². The van der Waals surface area contributed by atoms with Gasteiger partial charge >= 0.3 is 0 Å². The second kappa shape index (κ2) is 5.49. The molecular weight excluding hydrogens is 232 g/mol. The molecule has 0 radical (unpaired) electrons. The minimum Gasteiger partial charge on any atom is -0.379 e. The molecule has 2 rings (SSSR count). The van der Waals surface area contributed by atoms with E-state index >= 15 is 0 Å². The molecule has 1 aliphatic rings. The SMILES string of the molecule is CCc1nn(C)cc1NC(=O)C1COCC1NC. The Kier molecular flexibility index (Phi) is 3.98. The molecule has 6 heteroatoms. The van der Waals surface area contributed by atoms with Gasteiger partial charge in [0.1, 0.15) is 0 Å². The zero-order chi connectivity index (χ0) is 13.1. The molecule has 0 saturated carbocycles. The van der Waals surface area contributed by atoms with Crippen molar-refractivity contribution in [3.05, 3.63) is 11.9 Å². The van der Waals surface area contributed by atoms with E-state index in [0.717, 1.165) is 17.8 Å². The van der Waals surface area contributed by atoms with Gasteiger partial charge in [-0.2, -0.15) is 5.10 Å². The van der Waals surface area contributed by atoms with Crippen molar-refractivity contribution in [3.8, 4) is 0 Å². The van der Waals surface area contributed by atoms with Crippen molar-refractivity contribution < 1.29 is 9.53 Å². The van der Waals surface area contributed by atoms with E-state index in [0.29, 0.717) is 13.2 Å². The Morgan fingerprint density at radius 3 is 3.06 bits per heavy atom. The van der Waals surface area contributed by atoms with Gasteiger partial charge in [0.2, 0.25) is 5.91 Å². The summed E-state index contributed by atoms with van der Waals surface area (Å²) in [5, 5.41) is 10.4. The van der Waals surface area contributed by atoms with Crippen LogP contribution in [0.1, 0.15) is 12.6 Å². The predicted octanol–water partition coefficient (Wildman–Crippen LogP) is 0.155. The third kappa shape index (κ3) is 2.54. The summed E-state index contributed by atoms with van der Waals surface area (Å²) in [7, 11) is 3.70. The van der Waals surface area contributed by atoms with Crippen molar-refractivity contribution in [1.29, 1.82) is 0 Å². The Balaban J connectivity index is 2.06. The van der Waals surface area contributed by atoms with E-state index in [1.807, 2.05) is 27.2 Å². The van der Waals surface area contributed by atoms with E-state index in [1.54, 1.807) is 4.68 Å². The molecular formula is C12H20N4O2. The number of anilines is 1. The van der Waals surface area contributed by atoms with Gasteiger partial charge < -0.3 is 15.4 Å². The molecule has 0 spiro atoms. The zero-order valence-electron chi connectivity index (χ0n) is 11.1. The van der Waals surface area contributed by atoms with E-state index in [-0.39, 0.29) is 17.9 Å². The summed E-state index contributed by atoms with van der Waals surface area (Å²) in [4.78, 5) is 12.2. The Labute approximate surface area is 107 Å². The summed E-state index contributed by atoms with van der Waals surface area (Å²) >= 11 is 0. The van der Waals surface area contributed by atoms with Crippen LogP contribution in [0.4, 0.5) is 5.69 Å². The lowest BCUT2D eigenvalue weighted by Gasteiger charge is -2.16. The molecule has 6 nitrogen and oxygen atoms in total. The first-order chi connectivity index (χ1) is 8.65. The molecule has 1 fully saturated rings. The van der Waals surface area contributed by atoms with Gasteiger partial charge in [0.15, 0.2) is 0 Å². The van der Waals surface area contributed by atoms with Crippen LogP contribution in [0.25, 0.3) is 0 Å². The predicted molar refractivity (Wildman–Crippen MR) is 68.4 cm³/mol. The van der Waals surface area contributed by atoms with Gasteiger partial charge in [-0.3, -0.25) is 9.48 Å². The van der Waals surface area contributed by atoms with E-state index in [9.17, 15) is 4.79 Å². The topological polar surface area (TPSA) is 68.2 Å². The summed E-state index contributed by atoms with van der Waals surface area (Å²) in [5.41, 5.74) is 1.71. The average molecular weight is 252 g/mol. The Bertz CT molecular complexity index is 430. The highest BCUT2D eigenvalue weighted by Crippen LogP contribution is 2.19. The fraction of sp³-hybridized carbons (Fsp3) is 0.667. The Hall–Kier alpha value is -1.40. The fourth-order valence-corrected chi connectivity index (χ4v) is 2.22. The summed E-state index contributed by atoms with van der Waals surface area (Å²) < 4.78 is 7.05. The van der Waals surface area contributed by atoms with Crippen LogP contribution in [0.3, 0.4) is 0 Å². The maximum absolute atomic E-state index is 12.2. The maximum Gasteiger partial charge on any atom is 0.231 e. The van der Waals surface area contributed by atoms with Crippen LogP contribution in [0.15, 0.2) is 6.20 Å². The number of nitrogens with zero attached hydrogens (tertiary/aromatic N) is 2. The number of ether oxygens (including phenoxy) is 1. The number of carbonyl (C=O) groups is 1. The number of carbonyl (C=O) groups excluding carboxylic acids is 1. The highest BCUT2D eigenvalue weighted by Gasteiger charge is 2.33. The Morgan fingerprint density at radius 1 is 1.61 bits per heavy atom. The lowest BCUT2D eigenvalue weighted by molar-refractivity contribution is -0.120. The van der Waals surface area contributed by atoms with E-state index in [2.05, 4.69) is 15.7 Å². The molecule has 1 aromatic heterocycles. The van der Waals surface area contributed by atoms with E-state index in [1.165, 1.54) is 0 Å². The fourth-order valence-electron chi connectivity index (χ4n) is 2.22. The number of hydrogen-bond acceptors (Lipinski definition) is 4. The molecule has 1 aliphatic heterocycles. The van der Waals surface area contributed by atoms with Crippen LogP contribution in [0.5, 0.6) is 0 Å². The first-order valence-electron chi connectivity index (χ1n) is 6.24. The molecule has 1 amide bonds. The summed E-state index contributed by atoms with van der Waals surface area (Å²) in [5.74, 6) is -0.144. The van der Waals surface area contributed by atoms with Crippen LogP contribution in [0.2, 0.25) is 0 Å². The molecule has 0 aliphatic carbocycles. The second-order valence-electron chi connectivity index (χ2n) is 4.55. The summed E-state index contributed by atoms with van der Waals surface area (Å²) in [6.45, 7) is 3.08. The van der Waals surface area contributed by atoms with E-state index in [4.69, 9.17) is 4.74 Å². The molecule has 1 saturated heterocycles. The van der Waals surface area contributed by atoms with Crippen molar-refractivity contribution in [2.45, 2.75) is 19.4 Å². The van der Waals surface area contributed by atoms with Gasteiger partial charge in [0, 0.05) is 19.3 Å². The molecule has 0 bridgehead atoms. The number of likely N-dealkylation sites (N-methyl/N-ethyl adjacent to an activating group) is 1. The third-order valence-electron chi connectivity index (χ3n) is 3.29. The number of aromatic nitrogens is 2.